The van der Waals surface area contributed by atoms with E-state index in [2.05, 4.69) is 15.3 Å². The van der Waals surface area contributed by atoms with Gasteiger partial charge in [-0.25, -0.2) is 4.98 Å². The van der Waals surface area contributed by atoms with E-state index < -0.39 is 6.04 Å². The molecule has 0 fully saturated rings. The van der Waals surface area contributed by atoms with Gasteiger partial charge in [-0.3, -0.25) is 4.79 Å². The van der Waals surface area contributed by atoms with E-state index in [0.29, 0.717) is 6.54 Å². The van der Waals surface area contributed by atoms with Gasteiger partial charge in [0.15, 0.2) is 0 Å². The highest BCUT2D eigenvalue weighted by Crippen LogP contribution is 1.93. The number of hydrogen-bond acceptors (Lipinski definition) is 3. The van der Waals surface area contributed by atoms with Gasteiger partial charge in [-0.15, -0.1) is 0 Å². The molecule has 0 radical (unpaired) electrons. The van der Waals surface area contributed by atoms with E-state index in [0.717, 1.165) is 18.7 Å². The maximum atomic E-state index is 11.0. The van der Waals surface area contributed by atoms with Crippen LogP contribution in [0.25, 0.3) is 0 Å². The monoisotopic (exact) mass is 196 g/mol. The first-order valence-electron chi connectivity index (χ1n) is 4.71. The number of hydrogen-bond donors (Lipinski definition) is 3. The van der Waals surface area contributed by atoms with Gasteiger partial charge >= 0.3 is 0 Å². The maximum Gasteiger partial charge on any atom is 0.236 e. The van der Waals surface area contributed by atoms with Crippen LogP contribution in [0.2, 0.25) is 0 Å². The second kappa shape index (κ2) is 5.39. The maximum absolute atomic E-state index is 11.0. The Labute approximate surface area is 83.1 Å². The fraction of sp³-hybridized carbons (Fsp3) is 0.556. The van der Waals surface area contributed by atoms with E-state index in [-0.39, 0.29) is 5.91 Å². The van der Waals surface area contributed by atoms with E-state index in [1.54, 1.807) is 19.3 Å². The Morgan fingerprint density at radius 1 is 1.79 bits per heavy atom. The van der Waals surface area contributed by atoms with Crippen molar-refractivity contribution in [3.8, 4) is 0 Å². The minimum absolute atomic E-state index is 0.107. The molecule has 5 heteroatoms. The van der Waals surface area contributed by atoms with Crippen LogP contribution in [0.15, 0.2) is 12.4 Å². The highest BCUT2D eigenvalue weighted by Gasteiger charge is 2.05. The van der Waals surface area contributed by atoms with Crippen molar-refractivity contribution in [1.29, 1.82) is 0 Å². The fourth-order valence-corrected chi connectivity index (χ4v) is 1.06. The van der Waals surface area contributed by atoms with Gasteiger partial charge in [0.05, 0.1) is 6.04 Å². The first-order chi connectivity index (χ1) is 6.70. The number of nitrogens with one attached hydrogen (secondary N) is 2. The van der Waals surface area contributed by atoms with Crippen molar-refractivity contribution in [2.75, 3.05) is 6.54 Å². The summed E-state index contributed by atoms with van der Waals surface area (Å²) in [5.41, 5.74) is 5.38. The van der Waals surface area contributed by atoms with Crippen LogP contribution >= 0.6 is 0 Å². The quantitative estimate of drug-likeness (QED) is 0.570. The van der Waals surface area contributed by atoms with Crippen LogP contribution in [0.5, 0.6) is 0 Å². The highest BCUT2D eigenvalue weighted by molar-refractivity contribution is 5.80. The number of aromatic amines is 1. The molecule has 1 atom stereocenters. The van der Waals surface area contributed by atoms with Crippen LogP contribution < -0.4 is 11.1 Å². The summed E-state index contributed by atoms with van der Waals surface area (Å²) in [5, 5.41) is 2.74. The first kappa shape index (κ1) is 10.7. The van der Waals surface area contributed by atoms with Crippen molar-refractivity contribution in [3.63, 3.8) is 0 Å². The van der Waals surface area contributed by atoms with Gasteiger partial charge in [0.25, 0.3) is 0 Å². The second-order valence-corrected chi connectivity index (χ2v) is 3.22. The summed E-state index contributed by atoms with van der Waals surface area (Å²) in [6.45, 7) is 2.31. The Morgan fingerprint density at radius 3 is 3.14 bits per heavy atom. The van der Waals surface area contributed by atoms with E-state index in [1.165, 1.54) is 0 Å². The first-order valence-corrected chi connectivity index (χ1v) is 4.71. The highest BCUT2D eigenvalue weighted by atomic mass is 16.2. The lowest BCUT2D eigenvalue weighted by atomic mass is 10.3. The molecule has 0 aliphatic carbocycles. The Bertz CT molecular complexity index is 268. The van der Waals surface area contributed by atoms with Gasteiger partial charge < -0.3 is 16.0 Å². The molecule has 0 aliphatic rings. The molecule has 0 aliphatic heterocycles. The SMILES string of the molecule is C[C@@H](N)C(=O)NCCCc1ncc[nH]1. The van der Waals surface area contributed by atoms with E-state index >= 15 is 0 Å². The lowest BCUT2D eigenvalue weighted by Crippen LogP contribution is -2.38. The minimum Gasteiger partial charge on any atom is -0.355 e. The third-order valence-corrected chi connectivity index (χ3v) is 1.86. The average Bonchev–Trinajstić information content (AvgIpc) is 2.64. The van der Waals surface area contributed by atoms with Crippen molar-refractivity contribution in [2.45, 2.75) is 25.8 Å². The minimum atomic E-state index is -0.432. The van der Waals surface area contributed by atoms with Crippen LogP contribution in [0, 0.1) is 0 Å². The molecule has 4 N–H and O–H groups in total. The van der Waals surface area contributed by atoms with E-state index in [9.17, 15) is 4.79 Å². The molecule has 1 rings (SSSR count). The summed E-state index contributed by atoms with van der Waals surface area (Å²) in [5.74, 6) is 0.837. The van der Waals surface area contributed by atoms with Gasteiger partial charge in [-0.05, 0) is 13.3 Å². The number of amides is 1. The van der Waals surface area contributed by atoms with Crippen molar-refractivity contribution >= 4 is 5.91 Å². The van der Waals surface area contributed by atoms with Crippen molar-refractivity contribution in [2.24, 2.45) is 5.73 Å². The zero-order valence-corrected chi connectivity index (χ0v) is 8.29. The molecule has 78 valence electrons. The molecule has 0 spiro atoms. The molecule has 14 heavy (non-hydrogen) atoms. The molecule has 0 bridgehead atoms. The summed E-state index contributed by atoms with van der Waals surface area (Å²) in [4.78, 5) is 18.1. The smallest absolute Gasteiger partial charge is 0.236 e. The summed E-state index contributed by atoms with van der Waals surface area (Å²) in [6.07, 6.45) is 5.21. The average molecular weight is 196 g/mol. The number of carbonyl (C=O) groups excluding carboxylic acids is 1. The van der Waals surface area contributed by atoms with E-state index in [4.69, 9.17) is 5.73 Å². The number of aromatic nitrogens is 2. The Balaban J connectivity index is 2.08. The molecule has 1 heterocycles. The number of imidazole rings is 1. The lowest BCUT2D eigenvalue weighted by Gasteiger charge is -2.06. The standard InChI is InChI=1S/C9H16N4O/c1-7(10)9(14)13-4-2-3-8-11-5-6-12-8/h5-7H,2-4,10H2,1H3,(H,11,12)(H,13,14)/t7-/m1/s1. The van der Waals surface area contributed by atoms with Crippen LogP contribution in [-0.2, 0) is 11.2 Å². The molecule has 1 amide bonds. The molecule has 0 saturated heterocycles. The Morgan fingerprint density at radius 2 is 2.57 bits per heavy atom. The summed E-state index contributed by atoms with van der Waals surface area (Å²) in [6, 6.07) is -0.432. The van der Waals surface area contributed by atoms with Gasteiger partial charge in [-0.1, -0.05) is 0 Å². The molecule has 5 nitrogen and oxygen atoms in total. The normalized spacial score (nSPS) is 12.4. The molecule has 1 aromatic rings. The van der Waals surface area contributed by atoms with Crippen LogP contribution in [0.3, 0.4) is 0 Å². The number of nitrogens with two attached hydrogens (primary N) is 1. The largest absolute Gasteiger partial charge is 0.355 e. The lowest BCUT2D eigenvalue weighted by molar-refractivity contribution is -0.121. The van der Waals surface area contributed by atoms with Gasteiger partial charge in [0.1, 0.15) is 5.82 Å². The Kier molecular flexibility index (Phi) is 4.12. The zero-order valence-electron chi connectivity index (χ0n) is 8.29. The molecule has 1 aromatic heterocycles. The van der Waals surface area contributed by atoms with Crippen LogP contribution in [0.1, 0.15) is 19.2 Å². The number of carbonyl (C=O) groups is 1. The molecular weight excluding hydrogens is 180 g/mol. The van der Waals surface area contributed by atoms with Gasteiger partial charge in [0, 0.05) is 25.4 Å². The molecular formula is C9H16N4O. The molecule has 0 saturated carbocycles. The van der Waals surface area contributed by atoms with Gasteiger partial charge in [0.2, 0.25) is 5.91 Å². The number of H-pyrrole nitrogens is 1. The molecule has 0 aromatic carbocycles. The summed E-state index contributed by atoms with van der Waals surface area (Å²) >= 11 is 0. The third kappa shape index (κ3) is 3.57. The van der Waals surface area contributed by atoms with Crippen molar-refractivity contribution < 1.29 is 4.79 Å². The van der Waals surface area contributed by atoms with Crippen molar-refractivity contribution in [1.82, 2.24) is 15.3 Å². The van der Waals surface area contributed by atoms with E-state index in [1.807, 2.05) is 0 Å². The van der Waals surface area contributed by atoms with Crippen molar-refractivity contribution in [3.05, 3.63) is 18.2 Å². The number of nitrogens with zero attached hydrogens (tertiary/aromatic N) is 1. The Hall–Kier alpha value is -1.36. The van der Waals surface area contributed by atoms with Crippen LogP contribution in [-0.4, -0.2) is 28.5 Å². The predicted octanol–water partition coefficient (Wildman–Crippen LogP) is -0.194. The van der Waals surface area contributed by atoms with Crippen LogP contribution in [0.4, 0.5) is 0 Å². The number of aryl methyl sites for hydroxylation is 1. The summed E-state index contributed by atoms with van der Waals surface area (Å²) < 4.78 is 0. The summed E-state index contributed by atoms with van der Waals surface area (Å²) in [7, 11) is 0. The molecule has 0 unspecified atom stereocenters. The third-order valence-electron chi connectivity index (χ3n) is 1.86. The van der Waals surface area contributed by atoms with Gasteiger partial charge in [-0.2, -0.15) is 0 Å². The zero-order chi connectivity index (χ0) is 10.4. The topological polar surface area (TPSA) is 83.8 Å². The second-order valence-electron chi connectivity index (χ2n) is 3.22. The fourth-order valence-electron chi connectivity index (χ4n) is 1.06. The number of rotatable bonds is 5. The predicted molar refractivity (Wildman–Crippen MR) is 53.6 cm³/mol.